The van der Waals surface area contributed by atoms with Crippen molar-refractivity contribution in [2.24, 2.45) is 0 Å². The first kappa shape index (κ1) is 22.3. The van der Waals surface area contributed by atoms with Crippen LogP contribution in [-0.2, 0) is 6.61 Å². The second kappa shape index (κ2) is 8.79. The molecule has 7 nitrogen and oxygen atoms in total. The van der Waals surface area contributed by atoms with Crippen LogP contribution in [0.1, 0.15) is 61.3 Å². The molecule has 0 radical (unpaired) electrons. The van der Waals surface area contributed by atoms with Gasteiger partial charge in [0.15, 0.2) is 0 Å². The van der Waals surface area contributed by atoms with Gasteiger partial charge in [0.05, 0.1) is 40.8 Å². The molecule has 0 saturated carbocycles. The number of aliphatic hydroxyl groups excluding tert-OH is 1. The molecule has 3 aromatic rings. The lowest BCUT2D eigenvalue weighted by atomic mass is 9.91. The van der Waals surface area contributed by atoms with Crippen LogP contribution in [0.4, 0.5) is 5.82 Å². The predicted molar refractivity (Wildman–Crippen MR) is 134 cm³/mol. The number of hydrogen-bond donors (Lipinski definition) is 1. The molecule has 3 fully saturated rings. The van der Waals surface area contributed by atoms with Gasteiger partial charge in [0.2, 0.25) is 0 Å². The molecule has 0 amide bonds. The zero-order valence-electron chi connectivity index (χ0n) is 19.9. The van der Waals surface area contributed by atoms with Gasteiger partial charge in [0, 0.05) is 31.4 Å². The molecule has 0 aliphatic carbocycles. The van der Waals surface area contributed by atoms with E-state index in [2.05, 4.69) is 56.4 Å². The number of piperidine rings is 1. The minimum absolute atomic E-state index is 0.0318. The molecule has 4 atom stereocenters. The molecule has 3 aliphatic heterocycles. The largest absolute Gasteiger partial charge is 0.390 e. The SMILES string of the molecule is CN1CC2CCC(C1)N2c1cccc2nc(C3CCC[C@@H](c4ncccc4Cl)N3C)c(CO)n12. The molecule has 0 spiro atoms. The van der Waals surface area contributed by atoms with Gasteiger partial charge in [0.1, 0.15) is 11.5 Å². The molecule has 180 valence electrons. The molecule has 6 rings (SSSR count). The molecule has 3 aliphatic rings. The van der Waals surface area contributed by atoms with Crippen LogP contribution in [0, 0.1) is 0 Å². The van der Waals surface area contributed by atoms with Crippen LogP contribution < -0.4 is 4.90 Å². The van der Waals surface area contributed by atoms with E-state index < -0.39 is 0 Å². The van der Waals surface area contributed by atoms with Gasteiger partial charge in [-0.05, 0) is 70.5 Å². The third kappa shape index (κ3) is 3.52. The number of anilines is 1. The van der Waals surface area contributed by atoms with Crippen LogP contribution >= 0.6 is 11.6 Å². The standard InChI is InChI=1S/C26H33ClN6O/c1-30-14-17-11-12-18(15-30)32(17)24-10-4-9-23-29-26(22(16-34)33(23)24)21-8-3-7-20(31(21)2)25-19(27)6-5-13-28-25/h4-6,9-10,13,17-18,20-21,34H,3,7-8,11-12,14-16H2,1-2H3/t17?,18?,20-,21?/m0/s1. The predicted octanol–water partition coefficient (Wildman–Crippen LogP) is 4.06. The fourth-order valence-corrected chi connectivity index (χ4v) is 6.94. The number of likely N-dealkylation sites (N-methyl/N-ethyl adjacent to an activating group) is 1. The van der Waals surface area contributed by atoms with Crippen molar-refractivity contribution in [2.45, 2.75) is 62.9 Å². The zero-order valence-corrected chi connectivity index (χ0v) is 20.7. The number of likely N-dealkylation sites (tertiary alicyclic amines) is 2. The van der Waals surface area contributed by atoms with Crippen molar-refractivity contribution in [3.8, 4) is 0 Å². The van der Waals surface area contributed by atoms with Gasteiger partial charge in [-0.3, -0.25) is 14.3 Å². The van der Waals surface area contributed by atoms with Crippen molar-refractivity contribution in [1.29, 1.82) is 0 Å². The Morgan fingerprint density at radius 3 is 2.41 bits per heavy atom. The molecule has 6 heterocycles. The molecule has 3 saturated heterocycles. The Balaban J connectivity index is 1.41. The van der Waals surface area contributed by atoms with Crippen LogP contribution in [-0.4, -0.2) is 68.5 Å². The fraction of sp³-hybridized carbons (Fsp3) is 0.538. The van der Waals surface area contributed by atoms with Crippen LogP contribution in [0.2, 0.25) is 5.02 Å². The van der Waals surface area contributed by atoms with Gasteiger partial charge in [-0.2, -0.15) is 0 Å². The molecule has 3 unspecified atom stereocenters. The second-order valence-corrected chi connectivity index (χ2v) is 10.6. The van der Waals surface area contributed by atoms with E-state index in [0.717, 1.165) is 55.1 Å². The van der Waals surface area contributed by atoms with E-state index in [9.17, 15) is 5.11 Å². The Morgan fingerprint density at radius 1 is 0.971 bits per heavy atom. The van der Waals surface area contributed by atoms with Gasteiger partial charge >= 0.3 is 0 Å². The van der Waals surface area contributed by atoms with Gasteiger partial charge in [-0.1, -0.05) is 17.7 Å². The highest BCUT2D eigenvalue weighted by atomic mass is 35.5. The number of fused-ring (bicyclic) bond motifs is 3. The maximum atomic E-state index is 10.6. The van der Waals surface area contributed by atoms with Gasteiger partial charge in [-0.25, -0.2) is 4.98 Å². The summed E-state index contributed by atoms with van der Waals surface area (Å²) in [6.45, 7) is 2.14. The Bertz CT molecular complexity index is 1180. The molecule has 3 aromatic heterocycles. The summed E-state index contributed by atoms with van der Waals surface area (Å²) in [5.41, 5.74) is 3.74. The molecular weight excluding hydrogens is 448 g/mol. The van der Waals surface area contributed by atoms with E-state index in [1.54, 1.807) is 0 Å². The summed E-state index contributed by atoms with van der Waals surface area (Å²) in [4.78, 5) is 17.1. The smallest absolute Gasteiger partial charge is 0.138 e. The van der Waals surface area contributed by atoms with Crippen LogP contribution in [0.15, 0.2) is 36.5 Å². The van der Waals surface area contributed by atoms with E-state index in [1.165, 1.54) is 18.7 Å². The third-order valence-corrected chi connectivity index (χ3v) is 8.50. The molecular formula is C26H33ClN6O. The number of halogens is 1. The lowest BCUT2D eigenvalue weighted by Gasteiger charge is -2.41. The highest BCUT2D eigenvalue weighted by molar-refractivity contribution is 6.31. The first-order valence-electron chi connectivity index (χ1n) is 12.5. The maximum absolute atomic E-state index is 10.6. The molecule has 2 bridgehead atoms. The van der Waals surface area contributed by atoms with Crippen molar-refractivity contribution in [3.63, 3.8) is 0 Å². The normalized spacial score (nSPS) is 28.2. The van der Waals surface area contributed by atoms with Gasteiger partial charge in [0.25, 0.3) is 0 Å². The average molecular weight is 481 g/mol. The first-order chi connectivity index (χ1) is 16.6. The topological polar surface area (TPSA) is 60.1 Å². The van der Waals surface area contributed by atoms with Crippen LogP contribution in [0.25, 0.3) is 5.65 Å². The highest BCUT2D eigenvalue weighted by Crippen LogP contribution is 2.43. The number of pyridine rings is 2. The number of nitrogens with zero attached hydrogens (tertiary/aromatic N) is 6. The summed E-state index contributed by atoms with van der Waals surface area (Å²) in [6.07, 6.45) is 7.35. The summed E-state index contributed by atoms with van der Waals surface area (Å²) in [7, 11) is 4.37. The van der Waals surface area contributed by atoms with Crippen LogP contribution in [0.5, 0.6) is 0 Å². The monoisotopic (exact) mass is 480 g/mol. The van der Waals surface area contributed by atoms with E-state index in [0.29, 0.717) is 17.1 Å². The van der Waals surface area contributed by atoms with E-state index >= 15 is 0 Å². The van der Waals surface area contributed by atoms with Crippen molar-refractivity contribution >= 4 is 23.1 Å². The highest BCUT2D eigenvalue weighted by Gasteiger charge is 2.41. The summed E-state index contributed by atoms with van der Waals surface area (Å²) < 4.78 is 2.22. The fourth-order valence-electron chi connectivity index (χ4n) is 6.69. The Hall–Kier alpha value is -2.19. The molecule has 0 aromatic carbocycles. The maximum Gasteiger partial charge on any atom is 0.138 e. The van der Waals surface area contributed by atoms with E-state index in [1.807, 2.05) is 18.3 Å². The average Bonchev–Trinajstić information content (AvgIpc) is 3.34. The number of hydrogen-bond acceptors (Lipinski definition) is 6. The molecule has 1 N–H and O–H groups in total. The summed E-state index contributed by atoms with van der Waals surface area (Å²) in [5, 5.41) is 11.3. The van der Waals surface area contributed by atoms with Gasteiger partial charge in [-0.15, -0.1) is 0 Å². The first-order valence-corrected chi connectivity index (χ1v) is 12.8. The quantitative estimate of drug-likeness (QED) is 0.607. The minimum atomic E-state index is -0.0318. The van der Waals surface area contributed by atoms with E-state index in [-0.39, 0.29) is 18.7 Å². The number of rotatable bonds is 4. The summed E-state index contributed by atoms with van der Waals surface area (Å²) in [6, 6.07) is 11.5. The van der Waals surface area contributed by atoms with Gasteiger partial charge < -0.3 is 14.9 Å². The second-order valence-electron chi connectivity index (χ2n) is 10.2. The lowest BCUT2D eigenvalue weighted by molar-refractivity contribution is 0.108. The minimum Gasteiger partial charge on any atom is -0.390 e. The number of piperazine rings is 1. The Labute approximate surface area is 206 Å². The third-order valence-electron chi connectivity index (χ3n) is 8.18. The number of aliphatic hydroxyl groups is 1. The molecule has 8 heteroatoms. The van der Waals surface area contributed by atoms with Crippen molar-refractivity contribution < 1.29 is 5.11 Å². The Morgan fingerprint density at radius 2 is 1.71 bits per heavy atom. The van der Waals surface area contributed by atoms with Crippen molar-refractivity contribution in [1.82, 2.24) is 24.2 Å². The zero-order chi connectivity index (χ0) is 23.4. The number of aromatic nitrogens is 3. The van der Waals surface area contributed by atoms with E-state index in [4.69, 9.17) is 16.6 Å². The van der Waals surface area contributed by atoms with Crippen molar-refractivity contribution in [3.05, 3.63) is 58.6 Å². The lowest BCUT2D eigenvalue weighted by Crippen LogP contribution is -2.53. The Kier molecular flexibility index (Phi) is 5.76. The molecule has 34 heavy (non-hydrogen) atoms. The number of imidazole rings is 1. The summed E-state index contributed by atoms with van der Waals surface area (Å²) >= 11 is 6.53. The van der Waals surface area contributed by atoms with Crippen LogP contribution in [0.3, 0.4) is 0 Å². The summed E-state index contributed by atoms with van der Waals surface area (Å²) in [5.74, 6) is 1.17. The van der Waals surface area contributed by atoms with Crippen molar-refractivity contribution in [2.75, 3.05) is 32.1 Å².